The fourth-order valence-corrected chi connectivity index (χ4v) is 2.77. The zero-order chi connectivity index (χ0) is 17.7. The van der Waals surface area contributed by atoms with Gasteiger partial charge in [0, 0.05) is 28.5 Å². The van der Waals surface area contributed by atoms with E-state index in [1.165, 1.54) is 6.92 Å². The number of hydrogen-bond donors (Lipinski definition) is 3. The van der Waals surface area contributed by atoms with Crippen molar-refractivity contribution in [1.82, 2.24) is 0 Å². The van der Waals surface area contributed by atoms with Crippen molar-refractivity contribution < 1.29 is 9.59 Å². The van der Waals surface area contributed by atoms with Crippen molar-refractivity contribution in [2.45, 2.75) is 20.8 Å². The molecule has 0 spiro atoms. The highest BCUT2D eigenvalue weighted by molar-refractivity contribution is 9.10. The number of carbonyl (C=O) groups is 2. The number of halogens is 1. The molecule has 0 saturated carbocycles. The van der Waals surface area contributed by atoms with Crippen molar-refractivity contribution in [3.8, 4) is 0 Å². The van der Waals surface area contributed by atoms with Gasteiger partial charge in [-0.1, -0.05) is 22.0 Å². The van der Waals surface area contributed by atoms with Gasteiger partial charge in [0.15, 0.2) is 0 Å². The monoisotopic (exact) mass is 389 g/mol. The van der Waals surface area contributed by atoms with E-state index in [0.29, 0.717) is 0 Å². The molecular formula is C18H20BrN3O2. The lowest BCUT2D eigenvalue weighted by Crippen LogP contribution is -2.22. The van der Waals surface area contributed by atoms with Gasteiger partial charge in [-0.15, -0.1) is 0 Å². The first kappa shape index (κ1) is 18.0. The quantitative estimate of drug-likeness (QED) is 0.721. The minimum atomic E-state index is -0.134. The van der Waals surface area contributed by atoms with Gasteiger partial charge >= 0.3 is 0 Å². The first-order chi connectivity index (χ1) is 11.4. The smallest absolute Gasteiger partial charge is 0.243 e. The number of nitrogens with one attached hydrogen (secondary N) is 3. The van der Waals surface area contributed by atoms with Crippen molar-refractivity contribution in [1.29, 1.82) is 0 Å². The Morgan fingerprint density at radius 3 is 2.38 bits per heavy atom. The molecule has 126 valence electrons. The molecule has 0 heterocycles. The van der Waals surface area contributed by atoms with Gasteiger partial charge in [-0.05, 0) is 55.3 Å². The first-order valence-electron chi connectivity index (χ1n) is 7.54. The Labute approximate surface area is 150 Å². The van der Waals surface area contributed by atoms with Crippen molar-refractivity contribution in [2.75, 3.05) is 22.5 Å². The van der Waals surface area contributed by atoms with E-state index in [1.54, 1.807) is 0 Å². The van der Waals surface area contributed by atoms with Crippen LogP contribution >= 0.6 is 15.9 Å². The summed E-state index contributed by atoms with van der Waals surface area (Å²) in [6, 6.07) is 11.2. The lowest BCUT2D eigenvalue weighted by atomic mass is 10.1. The predicted molar refractivity (Wildman–Crippen MR) is 101 cm³/mol. The summed E-state index contributed by atoms with van der Waals surface area (Å²) in [5.41, 5.74) is 4.20. The fraction of sp³-hybridized carbons (Fsp3) is 0.222. The van der Waals surface area contributed by atoms with Crippen LogP contribution in [0.2, 0.25) is 0 Å². The maximum absolute atomic E-state index is 12.1. The second-order valence-electron chi connectivity index (χ2n) is 5.52. The molecule has 0 fully saturated rings. The number of aryl methyl sites for hydroxylation is 1. The zero-order valence-corrected chi connectivity index (χ0v) is 15.5. The highest BCUT2D eigenvalue weighted by Gasteiger charge is 2.08. The van der Waals surface area contributed by atoms with E-state index >= 15 is 0 Å². The Morgan fingerprint density at radius 2 is 1.71 bits per heavy atom. The van der Waals surface area contributed by atoms with Crippen LogP contribution in [0.25, 0.3) is 0 Å². The molecule has 0 aliphatic heterocycles. The van der Waals surface area contributed by atoms with Gasteiger partial charge < -0.3 is 16.0 Å². The van der Waals surface area contributed by atoms with E-state index in [2.05, 4.69) is 31.9 Å². The van der Waals surface area contributed by atoms with Crippen LogP contribution < -0.4 is 16.0 Å². The van der Waals surface area contributed by atoms with Crippen LogP contribution in [0.4, 0.5) is 17.1 Å². The molecule has 5 nitrogen and oxygen atoms in total. The largest absolute Gasteiger partial charge is 0.376 e. The van der Waals surface area contributed by atoms with Crippen LogP contribution in [0.5, 0.6) is 0 Å². The van der Waals surface area contributed by atoms with Crippen LogP contribution in [0.3, 0.4) is 0 Å². The molecule has 0 aliphatic carbocycles. The topological polar surface area (TPSA) is 70.2 Å². The van der Waals surface area contributed by atoms with Crippen LogP contribution in [-0.2, 0) is 9.59 Å². The van der Waals surface area contributed by atoms with E-state index in [9.17, 15) is 9.59 Å². The average molecular weight is 390 g/mol. The van der Waals surface area contributed by atoms with Crippen molar-refractivity contribution in [3.05, 3.63) is 52.0 Å². The number of rotatable bonds is 5. The van der Waals surface area contributed by atoms with Crippen molar-refractivity contribution >= 4 is 44.8 Å². The van der Waals surface area contributed by atoms with Gasteiger partial charge in [-0.3, -0.25) is 9.59 Å². The minimum Gasteiger partial charge on any atom is -0.376 e. The van der Waals surface area contributed by atoms with Crippen LogP contribution in [-0.4, -0.2) is 18.4 Å². The Balaban J connectivity index is 2.00. The van der Waals surface area contributed by atoms with E-state index in [-0.39, 0.29) is 18.4 Å². The first-order valence-corrected chi connectivity index (χ1v) is 8.33. The average Bonchev–Trinajstić information content (AvgIpc) is 2.50. The van der Waals surface area contributed by atoms with Gasteiger partial charge in [0.05, 0.1) is 6.54 Å². The van der Waals surface area contributed by atoms with Crippen LogP contribution in [0.1, 0.15) is 18.1 Å². The highest BCUT2D eigenvalue weighted by atomic mass is 79.9. The predicted octanol–water partition coefficient (Wildman–Crippen LogP) is 4.07. The molecular weight excluding hydrogens is 370 g/mol. The summed E-state index contributed by atoms with van der Waals surface area (Å²) in [5, 5.41) is 8.76. The molecule has 0 aromatic heterocycles. The molecule has 24 heavy (non-hydrogen) atoms. The molecule has 0 unspecified atom stereocenters. The molecule has 0 radical (unpaired) electrons. The van der Waals surface area contributed by atoms with E-state index < -0.39 is 0 Å². The molecule has 2 rings (SSSR count). The van der Waals surface area contributed by atoms with Crippen LogP contribution in [0.15, 0.2) is 40.9 Å². The Hall–Kier alpha value is -2.34. The summed E-state index contributed by atoms with van der Waals surface area (Å²) in [7, 11) is 0. The highest BCUT2D eigenvalue weighted by Crippen LogP contribution is 2.23. The number of benzene rings is 2. The Bertz CT molecular complexity index is 775. The van der Waals surface area contributed by atoms with E-state index in [4.69, 9.17) is 0 Å². The molecule has 0 saturated heterocycles. The molecule has 2 aromatic rings. The van der Waals surface area contributed by atoms with Gasteiger partial charge in [0.2, 0.25) is 11.8 Å². The summed E-state index contributed by atoms with van der Waals surface area (Å²) < 4.78 is 0.974. The second-order valence-corrected chi connectivity index (χ2v) is 6.44. The van der Waals surface area contributed by atoms with Crippen LogP contribution in [0, 0.1) is 13.8 Å². The lowest BCUT2D eigenvalue weighted by Gasteiger charge is -2.14. The number of hydrogen-bond acceptors (Lipinski definition) is 3. The number of carbonyl (C=O) groups excluding carboxylic acids is 2. The third kappa shape index (κ3) is 4.83. The summed E-state index contributed by atoms with van der Waals surface area (Å²) in [6.45, 7) is 5.44. The van der Waals surface area contributed by atoms with Gasteiger partial charge in [0.25, 0.3) is 0 Å². The third-order valence-corrected chi connectivity index (χ3v) is 4.04. The summed E-state index contributed by atoms with van der Waals surface area (Å²) in [6.07, 6.45) is 0. The molecule has 0 aliphatic rings. The normalized spacial score (nSPS) is 10.2. The second kappa shape index (κ2) is 7.97. The number of amides is 2. The maximum atomic E-state index is 12.1. The molecule has 0 bridgehead atoms. The lowest BCUT2D eigenvalue weighted by molar-refractivity contribution is -0.115. The SMILES string of the molecule is CC(=O)Nc1cccc(NCC(=O)Nc2ccc(Br)cc2C)c1C. The molecule has 6 heteroatoms. The Kier molecular flexibility index (Phi) is 5.98. The Morgan fingerprint density at radius 1 is 1.00 bits per heavy atom. The summed E-state index contributed by atoms with van der Waals surface area (Å²) in [5.74, 6) is -0.261. The summed E-state index contributed by atoms with van der Waals surface area (Å²) >= 11 is 3.40. The molecule has 2 amide bonds. The van der Waals surface area contributed by atoms with Gasteiger partial charge in [-0.25, -0.2) is 0 Å². The van der Waals surface area contributed by atoms with E-state index in [1.807, 2.05) is 50.2 Å². The number of anilines is 3. The van der Waals surface area contributed by atoms with Crippen molar-refractivity contribution in [2.24, 2.45) is 0 Å². The maximum Gasteiger partial charge on any atom is 0.243 e. The van der Waals surface area contributed by atoms with Crippen molar-refractivity contribution in [3.63, 3.8) is 0 Å². The van der Waals surface area contributed by atoms with Gasteiger partial charge in [-0.2, -0.15) is 0 Å². The molecule has 0 atom stereocenters. The molecule has 3 N–H and O–H groups in total. The fourth-order valence-electron chi connectivity index (χ4n) is 2.29. The zero-order valence-electron chi connectivity index (χ0n) is 13.9. The van der Waals surface area contributed by atoms with Gasteiger partial charge in [0.1, 0.15) is 0 Å². The molecule has 2 aromatic carbocycles. The minimum absolute atomic E-state index is 0.126. The summed E-state index contributed by atoms with van der Waals surface area (Å²) in [4.78, 5) is 23.3. The third-order valence-electron chi connectivity index (χ3n) is 3.55. The standard InChI is InChI=1S/C18H20BrN3O2/c1-11-9-14(19)7-8-15(11)22-18(24)10-20-16-5-4-6-17(12(16)2)21-13(3)23/h4-9,20H,10H2,1-3H3,(H,21,23)(H,22,24). The van der Waals surface area contributed by atoms with E-state index in [0.717, 1.165) is 32.7 Å².